The van der Waals surface area contributed by atoms with Crippen LogP contribution in [0, 0.1) is 0 Å². The number of ether oxygens (including phenoxy) is 5. The molecule has 3 saturated heterocycles. The van der Waals surface area contributed by atoms with Gasteiger partial charge in [0.15, 0.2) is 18.9 Å². The van der Waals surface area contributed by atoms with Crippen LogP contribution in [0.5, 0.6) is 0 Å². The molecule has 0 aromatic heterocycles. The van der Waals surface area contributed by atoms with E-state index in [4.69, 9.17) is 29.4 Å². The highest BCUT2D eigenvalue weighted by molar-refractivity contribution is 4.96. The number of hydrogen-bond donors (Lipinski definition) is 9. The molecule has 14 heteroatoms. The molecular weight excluding hydrogens is 438 g/mol. The molecule has 3 heterocycles. The van der Waals surface area contributed by atoms with Gasteiger partial charge in [-0.05, 0) is 6.92 Å². The van der Waals surface area contributed by atoms with E-state index in [9.17, 15) is 40.9 Å². The van der Waals surface area contributed by atoms with Gasteiger partial charge in [0.1, 0.15) is 48.8 Å². The first-order chi connectivity index (χ1) is 15.1. The highest BCUT2D eigenvalue weighted by Gasteiger charge is 2.52. The molecule has 3 rings (SSSR count). The summed E-state index contributed by atoms with van der Waals surface area (Å²) in [4.78, 5) is 0. The Balaban J connectivity index is 1.79. The lowest BCUT2D eigenvalue weighted by Crippen LogP contribution is -2.67. The third kappa shape index (κ3) is 5.24. The maximum atomic E-state index is 10.7. The van der Waals surface area contributed by atoms with Crippen LogP contribution in [0.1, 0.15) is 13.3 Å². The summed E-state index contributed by atoms with van der Waals surface area (Å²) in [5.74, 6) is 0. The highest BCUT2D eigenvalue weighted by atomic mass is 16.8. The van der Waals surface area contributed by atoms with E-state index in [0.29, 0.717) is 0 Å². The Bertz CT molecular complexity index is 599. The smallest absolute Gasteiger partial charge is 0.184 e. The molecule has 0 unspecified atom stereocenters. The molecule has 188 valence electrons. The first-order valence-electron chi connectivity index (χ1n) is 10.4. The Morgan fingerprint density at radius 1 is 0.750 bits per heavy atom. The molecular formula is C18H33NO13. The number of nitrogens with two attached hydrogens (primary N) is 1. The largest absolute Gasteiger partial charge is 0.394 e. The molecule has 0 aliphatic carbocycles. The standard InChI is InChI=1S/C18H33NO13/c1-5-6(22)2-7(23)17(28-5)31-14-12(25)9(4-21)29-16(27)15(14)32-18-10(19)13(26)11(24)8(3-20)30-18/h5-18,20-27H,2-4,19H2,1H3/t5-,6-,7-,8-,9-,10-,11+,12-,13-,14+,15+,16+,17-,18+/m1/s1. The van der Waals surface area contributed by atoms with Gasteiger partial charge in [-0.3, -0.25) is 0 Å². The molecule has 10 N–H and O–H groups in total. The van der Waals surface area contributed by atoms with Crippen molar-refractivity contribution in [2.45, 2.75) is 99.3 Å². The van der Waals surface area contributed by atoms with Crippen molar-refractivity contribution >= 4 is 0 Å². The van der Waals surface area contributed by atoms with Crippen LogP contribution >= 0.6 is 0 Å². The summed E-state index contributed by atoms with van der Waals surface area (Å²) in [7, 11) is 0. The Morgan fingerprint density at radius 2 is 1.34 bits per heavy atom. The average molecular weight is 471 g/mol. The third-order valence-electron chi connectivity index (χ3n) is 6.02. The SMILES string of the molecule is C[C@H]1O[C@H](O[C@H]2[C@H](O)[C@@H](CO)O[C@H](O)[C@H]2O[C@@H]2O[C@H](CO)[C@H](O)[C@H](O)[C@H]2N)[C@H](O)C[C@H]1O. The maximum Gasteiger partial charge on any atom is 0.184 e. The van der Waals surface area contributed by atoms with Crippen molar-refractivity contribution in [2.75, 3.05) is 13.2 Å². The quantitative estimate of drug-likeness (QED) is 0.176. The Labute approximate surface area is 183 Å². The molecule has 0 bridgehead atoms. The molecule has 14 atom stereocenters. The maximum absolute atomic E-state index is 10.7. The average Bonchev–Trinajstić information content (AvgIpc) is 2.76. The summed E-state index contributed by atoms with van der Waals surface area (Å²) in [5.41, 5.74) is 5.87. The minimum Gasteiger partial charge on any atom is -0.394 e. The number of hydrogen-bond acceptors (Lipinski definition) is 14. The predicted molar refractivity (Wildman–Crippen MR) is 100 cm³/mol. The molecule has 3 aliphatic heterocycles. The Morgan fingerprint density at radius 3 is 1.97 bits per heavy atom. The van der Waals surface area contributed by atoms with Gasteiger partial charge in [0.05, 0.1) is 31.5 Å². The van der Waals surface area contributed by atoms with Crippen LogP contribution in [-0.4, -0.2) is 140 Å². The van der Waals surface area contributed by atoms with E-state index in [-0.39, 0.29) is 6.42 Å². The first-order valence-corrected chi connectivity index (χ1v) is 10.4. The first kappa shape index (κ1) is 26.1. The van der Waals surface area contributed by atoms with Gasteiger partial charge >= 0.3 is 0 Å². The number of aliphatic hydroxyl groups is 8. The van der Waals surface area contributed by atoms with Crippen LogP contribution in [0.15, 0.2) is 0 Å². The molecule has 0 saturated carbocycles. The molecule has 3 fully saturated rings. The number of rotatable bonds is 6. The zero-order valence-electron chi connectivity index (χ0n) is 17.4. The van der Waals surface area contributed by atoms with E-state index >= 15 is 0 Å². The van der Waals surface area contributed by atoms with Gasteiger partial charge in [0.25, 0.3) is 0 Å². The lowest BCUT2D eigenvalue weighted by molar-refractivity contribution is -0.373. The zero-order valence-corrected chi connectivity index (χ0v) is 17.4. The van der Waals surface area contributed by atoms with Crippen molar-refractivity contribution in [1.29, 1.82) is 0 Å². The van der Waals surface area contributed by atoms with Crippen LogP contribution in [0.2, 0.25) is 0 Å². The molecule has 14 nitrogen and oxygen atoms in total. The summed E-state index contributed by atoms with van der Waals surface area (Å²) < 4.78 is 27.4. The summed E-state index contributed by atoms with van der Waals surface area (Å²) in [6.45, 7) is 0.222. The van der Waals surface area contributed by atoms with E-state index in [1.54, 1.807) is 6.92 Å². The normalized spacial score (nSPS) is 52.7. The van der Waals surface area contributed by atoms with Crippen molar-refractivity contribution in [1.82, 2.24) is 0 Å². The van der Waals surface area contributed by atoms with Crippen molar-refractivity contribution in [3.8, 4) is 0 Å². The fraction of sp³-hybridized carbons (Fsp3) is 1.00. The van der Waals surface area contributed by atoms with Gasteiger partial charge in [-0.15, -0.1) is 0 Å². The fourth-order valence-electron chi connectivity index (χ4n) is 3.96. The Hall–Kier alpha value is -0.560. The van der Waals surface area contributed by atoms with Crippen molar-refractivity contribution in [2.24, 2.45) is 5.73 Å². The second-order valence-corrected chi connectivity index (χ2v) is 8.30. The predicted octanol–water partition coefficient (Wildman–Crippen LogP) is -5.55. The highest BCUT2D eigenvalue weighted by Crippen LogP contribution is 2.32. The monoisotopic (exact) mass is 471 g/mol. The van der Waals surface area contributed by atoms with Gasteiger partial charge in [-0.1, -0.05) is 0 Å². The summed E-state index contributed by atoms with van der Waals surface area (Å²) >= 11 is 0. The minimum atomic E-state index is -1.77. The van der Waals surface area contributed by atoms with Crippen molar-refractivity contribution in [3.63, 3.8) is 0 Å². The third-order valence-corrected chi connectivity index (χ3v) is 6.02. The van der Waals surface area contributed by atoms with Crippen LogP contribution in [0.4, 0.5) is 0 Å². The second-order valence-electron chi connectivity index (χ2n) is 8.30. The van der Waals surface area contributed by atoms with Gasteiger partial charge in [-0.2, -0.15) is 0 Å². The number of aliphatic hydroxyl groups excluding tert-OH is 8. The van der Waals surface area contributed by atoms with Crippen LogP contribution in [0.3, 0.4) is 0 Å². The van der Waals surface area contributed by atoms with E-state index in [2.05, 4.69) is 0 Å². The zero-order chi connectivity index (χ0) is 23.7. The second kappa shape index (κ2) is 10.8. The van der Waals surface area contributed by atoms with Gasteiger partial charge in [-0.25, -0.2) is 0 Å². The van der Waals surface area contributed by atoms with Crippen LogP contribution in [-0.2, 0) is 23.7 Å². The Kier molecular flexibility index (Phi) is 8.79. The summed E-state index contributed by atoms with van der Waals surface area (Å²) in [6.07, 6.45) is -17.6. The van der Waals surface area contributed by atoms with E-state index in [0.717, 1.165) is 0 Å². The van der Waals surface area contributed by atoms with Crippen molar-refractivity contribution < 1.29 is 64.5 Å². The molecule has 0 spiro atoms. The van der Waals surface area contributed by atoms with Crippen LogP contribution < -0.4 is 5.73 Å². The molecule has 0 amide bonds. The minimum absolute atomic E-state index is 0.0679. The van der Waals surface area contributed by atoms with Gasteiger partial charge < -0.3 is 70.3 Å². The van der Waals surface area contributed by atoms with E-state index in [1.165, 1.54) is 0 Å². The van der Waals surface area contributed by atoms with Gasteiger partial charge in [0, 0.05) is 6.42 Å². The summed E-state index contributed by atoms with van der Waals surface area (Å²) in [5, 5.41) is 80.1. The molecule has 0 radical (unpaired) electrons. The lowest BCUT2D eigenvalue weighted by Gasteiger charge is -2.47. The van der Waals surface area contributed by atoms with Crippen molar-refractivity contribution in [3.05, 3.63) is 0 Å². The molecule has 32 heavy (non-hydrogen) atoms. The molecule has 3 aliphatic rings. The van der Waals surface area contributed by atoms with E-state index < -0.39 is 99.2 Å². The van der Waals surface area contributed by atoms with Crippen LogP contribution in [0.25, 0.3) is 0 Å². The molecule has 0 aromatic carbocycles. The van der Waals surface area contributed by atoms with E-state index in [1.807, 2.05) is 0 Å². The lowest BCUT2D eigenvalue weighted by atomic mass is 9.96. The fourth-order valence-corrected chi connectivity index (χ4v) is 3.96. The molecule has 0 aromatic rings. The topological polar surface area (TPSA) is 234 Å². The van der Waals surface area contributed by atoms with Gasteiger partial charge in [0.2, 0.25) is 0 Å². The summed E-state index contributed by atoms with van der Waals surface area (Å²) in [6, 6.07) is -1.31.